The van der Waals surface area contributed by atoms with E-state index in [1.54, 1.807) is 18.5 Å². The van der Waals surface area contributed by atoms with Crippen LogP contribution in [-0.2, 0) is 0 Å². The van der Waals surface area contributed by atoms with E-state index in [0.29, 0.717) is 22.9 Å². The molecule has 1 aromatic heterocycles. The van der Waals surface area contributed by atoms with Crippen LogP contribution in [0.4, 0.5) is 0 Å². The molecule has 3 nitrogen and oxygen atoms in total. The standard InChI is InChI=1S/C9H14ClNO2S/c1-11-4-2-7(12)8(13)6-3-5-14-9(6)10/h3,5,7-8,11-13H,2,4H2,1H3. The Morgan fingerprint density at radius 2 is 2.29 bits per heavy atom. The molecule has 3 N–H and O–H groups in total. The molecule has 2 unspecified atom stereocenters. The summed E-state index contributed by atoms with van der Waals surface area (Å²) in [6.07, 6.45) is -1.15. The van der Waals surface area contributed by atoms with Crippen molar-refractivity contribution in [3.63, 3.8) is 0 Å². The zero-order valence-corrected chi connectivity index (χ0v) is 9.48. The summed E-state index contributed by atoms with van der Waals surface area (Å²) in [5.74, 6) is 0. The van der Waals surface area contributed by atoms with Gasteiger partial charge in [-0.15, -0.1) is 11.3 Å². The maximum Gasteiger partial charge on any atom is 0.107 e. The van der Waals surface area contributed by atoms with Crippen LogP contribution in [0.1, 0.15) is 18.1 Å². The predicted molar refractivity (Wildman–Crippen MR) is 58.8 cm³/mol. The van der Waals surface area contributed by atoms with Crippen LogP contribution < -0.4 is 5.32 Å². The highest BCUT2D eigenvalue weighted by atomic mass is 35.5. The first-order valence-electron chi connectivity index (χ1n) is 4.40. The molecule has 5 heteroatoms. The topological polar surface area (TPSA) is 52.5 Å². The van der Waals surface area contributed by atoms with Crippen molar-refractivity contribution in [1.29, 1.82) is 0 Å². The Labute approximate surface area is 92.3 Å². The van der Waals surface area contributed by atoms with E-state index < -0.39 is 12.2 Å². The fourth-order valence-electron chi connectivity index (χ4n) is 1.17. The molecular weight excluding hydrogens is 222 g/mol. The molecule has 0 aliphatic heterocycles. The Morgan fingerprint density at radius 1 is 1.57 bits per heavy atom. The lowest BCUT2D eigenvalue weighted by atomic mass is 10.1. The van der Waals surface area contributed by atoms with Crippen LogP contribution in [0.2, 0.25) is 4.34 Å². The second kappa shape index (κ2) is 5.68. The SMILES string of the molecule is CNCCC(O)C(O)c1ccsc1Cl. The van der Waals surface area contributed by atoms with Crippen molar-refractivity contribution in [1.82, 2.24) is 5.32 Å². The van der Waals surface area contributed by atoms with Crippen molar-refractivity contribution in [3.05, 3.63) is 21.3 Å². The Morgan fingerprint density at radius 3 is 2.79 bits per heavy atom. The zero-order valence-electron chi connectivity index (χ0n) is 7.90. The van der Waals surface area contributed by atoms with Crippen LogP contribution in [0, 0.1) is 0 Å². The summed E-state index contributed by atoms with van der Waals surface area (Å²) in [5, 5.41) is 24.0. The van der Waals surface area contributed by atoms with Crippen LogP contribution in [0.25, 0.3) is 0 Å². The van der Waals surface area contributed by atoms with Gasteiger partial charge in [-0.3, -0.25) is 0 Å². The third-order valence-corrected chi connectivity index (χ3v) is 3.22. The van der Waals surface area contributed by atoms with Crippen LogP contribution in [-0.4, -0.2) is 29.9 Å². The number of rotatable bonds is 5. The van der Waals surface area contributed by atoms with E-state index in [2.05, 4.69) is 5.32 Å². The lowest BCUT2D eigenvalue weighted by molar-refractivity contribution is 0.0143. The van der Waals surface area contributed by atoms with Crippen LogP contribution in [0.5, 0.6) is 0 Å². The molecule has 0 spiro atoms. The van der Waals surface area contributed by atoms with E-state index >= 15 is 0 Å². The van der Waals surface area contributed by atoms with E-state index in [1.165, 1.54) is 11.3 Å². The van der Waals surface area contributed by atoms with Gasteiger partial charge in [0.15, 0.2) is 0 Å². The van der Waals surface area contributed by atoms with Crippen molar-refractivity contribution in [3.8, 4) is 0 Å². The van der Waals surface area contributed by atoms with Crippen molar-refractivity contribution in [2.45, 2.75) is 18.6 Å². The maximum atomic E-state index is 9.73. The molecule has 80 valence electrons. The van der Waals surface area contributed by atoms with Crippen molar-refractivity contribution in [2.75, 3.05) is 13.6 Å². The number of aliphatic hydroxyl groups excluding tert-OH is 2. The third kappa shape index (κ3) is 2.93. The minimum atomic E-state index is -0.887. The highest BCUT2D eigenvalue weighted by molar-refractivity contribution is 7.14. The van der Waals surface area contributed by atoms with Gasteiger partial charge in [-0.2, -0.15) is 0 Å². The summed E-state index contributed by atoms with van der Waals surface area (Å²) in [6, 6.07) is 1.74. The number of aliphatic hydroxyl groups is 2. The molecule has 0 saturated heterocycles. The average molecular weight is 236 g/mol. The minimum absolute atomic E-state index is 0.504. The van der Waals surface area contributed by atoms with Gasteiger partial charge in [0.25, 0.3) is 0 Å². The monoisotopic (exact) mass is 235 g/mol. The van der Waals surface area contributed by atoms with E-state index in [0.717, 1.165) is 0 Å². The molecule has 1 rings (SSSR count). The first-order valence-corrected chi connectivity index (χ1v) is 5.66. The summed E-state index contributed by atoms with van der Waals surface area (Å²) in [4.78, 5) is 0. The number of nitrogens with one attached hydrogen (secondary N) is 1. The van der Waals surface area contributed by atoms with Crippen molar-refractivity contribution in [2.24, 2.45) is 0 Å². The van der Waals surface area contributed by atoms with Crippen LogP contribution in [0.3, 0.4) is 0 Å². The Bertz CT molecular complexity index is 280. The summed E-state index contributed by atoms with van der Waals surface area (Å²) in [6.45, 7) is 0.667. The summed E-state index contributed by atoms with van der Waals surface area (Å²) in [7, 11) is 1.80. The van der Waals surface area contributed by atoms with Crippen molar-refractivity contribution >= 4 is 22.9 Å². The Kier molecular flexibility index (Phi) is 4.84. The molecule has 0 amide bonds. The molecule has 0 aliphatic rings. The number of hydrogen-bond acceptors (Lipinski definition) is 4. The second-order valence-corrected chi connectivity index (χ2v) is 4.57. The molecule has 0 saturated carbocycles. The lowest BCUT2D eigenvalue weighted by Crippen LogP contribution is -2.23. The van der Waals surface area contributed by atoms with Crippen molar-refractivity contribution < 1.29 is 10.2 Å². The number of halogens is 1. The molecular formula is C9H14ClNO2S. The summed E-state index contributed by atoms with van der Waals surface area (Å²) in [5.41, 5.74) is 0.611. The first kappa shape index (κ1) is 11.9. The molecule has 14 heavy (non-hydrogen) atoms. The molecule has 0 aromatic carbocycles. The van der Waals surface area contributed by atoms with Gasteiger partial charge in [0, 0.05) is 5.56 Å². The van der Waals surface area contributed by atoms with E-state index in [1.807, 2.05) is 0 Å². The fraction of sp³-hybridized carbons (Fsp3) is 0.556. The number of hydrogen-bond donors (Lipinski definition) is 3. The molecule has 0 aliphatic carbocycles. The molecule has 0 fully saturated rings. The van der Waals surface area contributed by atoms with E-state index in [9.17, 15) is 10.2 Å². The Hall–Kier alpha value is -0.130. The largest absolute Gasteiger partial charge is 0.390 e. The normalized spacial score (nSPS) is 15.4. The smallest absolute Gasteiger partial charge is 0.107 e. The number of thiophene rings is 1. The highest BCUT2D eigenvalue weighted by Gasteiger charge is 2.20. The molecule has 1 heterocycles. The summed E-state index contributed by atoms with van der Waals surface area (Å²) < 4.78 is 0.543. The fourth-order valence-corrected chi connectivity index (χ4v) is 2.16. The third-order valence-electron chi connectivity index (χ3n) is 2.02. The van der Waals surface area contributed by atoms with Crippen LogP contribution in [0.15, 0.2) is 11.4 Å². The highest BCUT2D eigenvalue weighted by Crippen LogP contribution is 2.30. The van der Waals surface area contributed by atoms with Gasteiger partial charge in [-0.1, -0.05) is 11.6 Å². The van der Waals surface area contributed by atoms with Gasteiger partial charge in [-0.05, 0) is 31.5 Å². The van der Waals surface area contributed by atoms with Crippen LogP contribution >= 0.6 is 22.9 Å². The maximum absolute atomic E-state index is 9.73. The quantitative estimate of drug-likeness (QED) is 0.723. The lowest BCUT2D eigenvalue weighted by Gasteiger charge is -2.17. The predicted octanol–water partition coefficient (Wildman–Crippen LogP) is 1.41. The van der Waals surface area contributed by atoms with Gasteiger partial charge in [-0.25, -0.2) is 0 Å². The van der Waals surface area contributed by atoms with Gasteiger partial charge in [0.2, 0.25) is 0 Å². The van der Waals surface area contributed by atoms with E-state index in [4.69, 9.17) is 11.6 Å². The zero-order chi connectivity index (χ0) is 10.6. The van der Waals surface area contributed by atoms with E-state index in [-0.39, 0.29) is 0 Å². The second-order valence-electron chi connectivity index (χ2n) is 3.05. The van der Waals surface area contributed by atoms with Gasteiger partial charge >= 0.3 is 0 Å². The molecule has 2 atom stereocenters. The first-order chi connectivity index (χ1) is 6.66. The minimum Gasteiger partial charge on any atom is -0.390 e. The van der Waals surface area contributed by atoms with Gasteiger partial charge in [0.05, 0.1) is 10.4 Å². The van der Waals surface area contributed by atoms with Gasteiger partial charge in [0.1, 0.15) is 6.10 Å². The molecule has 1 aromatic rings. The Balaban J connectivity index is 2.56. The van der Waals surface area contributed by atoms with Gasteiger partial charge < -0.3 is 15.5 Å². The molecule has 0 bridgehead atoms. The summed E-state index contributed by atoms with van der Waals surface area (Å²) >= 11 is 7.20. The molecule has 0 radical (unpaired) electrons. The average Bonchev–Trinajstić information content (AvgIpc) is 2.59.